The third-order valence-electron chi connectivity index (χ3n) is 8.22. The third kappa shape index (κ3) is 8.46. The molecule has 0 bridgehead atoms. The number of allylic oxidation sites excluding steroid dienone is 2. The number of nitrogens with one attached hydrogen (secondary N) is 3. The first-order valence-corrected chi connectivity index (χ1v) is 15.1. The summed E-state index contributed by atoms with van der Waals surface area (Å²) in [6.07, 6.45) is 8.27. The standard InChI is InChI=1S/C35H42N4O6/c1-6-20-45-29-13-8-10-26(22-29)25-14-18-39(19-15-25)17-9-16-36-35(42)38-28-12-7-11-27(21-28)32-30(33(40)43-4)23(2)37-24(3)31(32)34(41)44-5/h1,7-8,10-13,21-22,25,32,37H,9,14-20H2,2-5H3,(H2,36,38,42). The molecule has 4 rings (SSSR count). The van der Waals surface area contributed by atoms with Crippen LogP contribution in [-0.2, 0) is 19.1 Å². The van der Waals surface area contributed by atoms with Crippen molar-refractivity contribution in [3.05, 3.63) is 82.2 Å². The highest BCUT2D eigenvalue weighted by Gasteiger charge is 2.37. The molecule has 2 aromatic rings. The van der Waals surface area contributed by atoms with Gasteiger partial charge in [0.1, 0.15) is 12.4 Å². The SMILES string of the molecule is C#CCOc1cccc(C2CCN(CCCNC(=O)Nc3cccc(C4C(C(=O)OC)=C(C)NC(C)=C4C(=O)OC)c3)CC2)c1. The Morgan fingerprint density at radius 1 is 0.956 bits per heavy atom. The van der Waals surface area contributed by atoms with E-state index in [1.807, 2.05) is 12.1 Å². The van der Waals surface area contributed by atoms with Crippen molar-refractivity contribution in [2.24, 2.45) is 0 Å². The molecule has 2 aliphatic heterocycles. The lowest BCUT2D eigenvalue weighted by Crippen LogP contribution is -2.36. The van der Waals surface area contributed by atoms with Gasteiger partial charge in [-0.05, 0) is 94.1 Å². The molecule has 3 N–H and O–H groups in total. The van der Waals surface area contributed by atoms with E-state index in [4.69, 9.17) is 20.6 Å². The zero-order chi connectivity index (χ0) is 32.3. The molecule has 0 spiro atoms. The van der Waals surface area contributed by atoms with Crippen molar-refractivity contribution in [3.8, 4) is 18.1 Å². The Bertz CT molecular complexity index is 1460. The van der Waals surface area contributed by atoms with Gasteiger partial charge in [0.15, 0.2) is 0 Å². The number of dihydropyridines is 1. The smallest absolute Gasteiger partial charge is 0.336 e. The second-order valence-electron chi connectivity index (χ2n) is 11.2. The van der Waals surface area contributed by atoms with Crippen molar-refractivity contribution in [2.45, 2.75) is 44.9 Å². The van der Waals surface area contributed by atoms with Crippen molar-refractivity contribution >= 4 is 23.7 Å². The van der Waals surface area contributed by atoms with E-state index in [-0.39, 0.29) is 12.6 Å². The lowest BCUT2D eigenvalue weighted by Gasteiger charge is -2.32. The van der Waals surface area contributed by atoms with E-state index in [9.17, 15) is 14.4 Å². The molecule has 238 valence electrons. The largest absolute Gasteiger partial charge is 0.481 e. The number of methoxy groups -OCH3 is 2. The lowest BCUT2D eigenvalue weighted by molar-refractivity contribution is -0.137. The average Bonchev–Trinajstić information content (AvgIpc) is 3.05. The van der Waals surface area contributed by atoms with Crippen LogP contribution >= 0.6 is 0 Å². The van der Waals surface area contributed by atoms with Gasteiger partial charge in [0.2, 0.25) is 0 Å². The third-order valence-corrected chi connectivity index (χ3v) is 8.22. The van der Waals surface area contributed by atoms with Gasteiger partial charge in [0.05, 0.1) is 31.3 Å². The molecule has 2 heterocycles. The minimum absolute atomic E-state index is 0.267. The molecule has 2 aromatic carbocycles. The number of piperidine rings is 1. The number of esters is 2. The lowest BCUT2D eigenvalue weighted by atomic mass is 9.80. The maximum Gasteiger partial charge on any atom is 0.336 e. The van der Waals surface area contributed by atoms with Crippen LogP contribution in [0.15, 0.2) is 71.1 Å². The molecule has 10 nitrogen and oxygen atoms in total. The summed E-state index contributed by atoms with van der Waals surface area (Å²) in [6.45, 7) is 7.20. The van der Waals surface area contributed by atoms with Crippen LogP contribution in [0.2, 0.25) is 0 Å². The van der Waals surface area contributed by atoms with Crippen LogP contribution in [0.3, 0.4) is 0 Å². The van der Waals surface area contributed by atoms with Crippen LogP contribution in [0, 0.1) is 12.3 Å². The zero-order valence-corrected chi connectivity index (χ0v) is 26.4. The molecule has 2 aliphatic rings. The second kappa shape index (κ2) is 15.8. The second-order valence-corrected chi connectivity index (χ2v) is 11.2. The normalized spacial score (nSPS) is 16.0. The first-order valence-electron chi connectivity index (χ1n) is 15.1. The van der Waals surface area contributed by atoms with Crippen molar-refractivity contribution in [1.29, 1.82) is 0 Å². The molecule has 2 amide bonds. The number of hydrogen-bond donors (Lipinski definition) is 3. The maximum absolute atomic E-state index is 12.8. The topological polar surface area (TPSA) is 118 Å². The number of terminal acetylenes is 1. The first kappa shape index (κ1) is 33.1. The molecule has 0 unspecified atom stereocenters. The molecule has 0 aromatic heterocycles. The van der Waals surface area contributed by atoms with E-state index in [0.717, 1.165) is 44.6 Å². The highest BCUT2D eigenvalue weighted by molar-refractivity contribution is 6.00. The quantitative estimate of drug-likeness (QED) is 0.190. The molecule has 0 radical (unpaired) electrons. The minimum Gasteiger partial charge on any atom is -0.481 e. The van der Waals surface area contributed by atoms with Gasteiger partial charge in [-0.2, -0.15) is 0 Å². The Hall–Kier alpha value is -4.75. The summed E-state index contributed by atoms with van der Waals surface area (Å²) in [7, 11) is 2.60. The number of urea groups is 1. The molecule has 1 saturated heterocycles. The van der Waals surface area contributed by atoms with E-state index in [0.29, 0.717) is 46.3 Å². The molecular formula is C35H42N4O6. The molecule has 1 fully saturated rings. The highest BCUT2D eigenvalue weighted by atomic mass is 16.5. The first-order chi connectivity index (χ1) is 21.7. The van der Waals surface area contributed by atoms with Gasteiger partial charge in [-0.3, -0.25) is 0 Å². The number of amides is 2. The predicted octanol–water partition coefficient (Wildman–Crippen LogP) is 4.67. The van der Waals surface area contributed by atoms with Gasteiger partial charge >= 0.3 is 18.0 Å². The summed E-state index contributed by atoms with van der Waals surface area (Å²) >= 11 is 0. The van der Waals surface area contributed by atoms with E-state index in [1.165, 1.54) is 19.8 Å². The van der Waals surface area contributed by atoms with Crippen LogP contribution in [0.25, 0.3) is 0 Å². The Balaban J connectivity index is 1.29. The number of hydrogen-bond acceptors (Lipinski definition) is 8. The number of anilines is 1. The Kier molecular flexibility index (Phi) is 11.7. The summed E-state index contributed by atoms with van der Waals surface area (Å²) in [6, 6.07) is 14.9. The number of carbonyl (C=O) groups is 3. The number of nitrogens with zero attached hydrogens (tertiary/aromatic N) is 1. The van der Waals surface area contributed by atoms with Gasteiger partial charge in [-0.1, -0.05) is 30.2 Å². The summed E-state index contributed by atoms with van der Waals surface area (Å²) < 4.78 is 15.7. The highest BCUT2D eigenvalue weighted by Crippen LogP contribution is 2.39. The van der Waals surface area contributed by atoms with Gasteiger partial charge in [0, 0.05) is 23.6 Å². The summed E-state index contributed by atoms with van der Waals surface area (Å²) in [5.41, 5.74) is 4.22. The Morgan fingerprint density at radius 2 is 1.60 bits per heavy atom. The van der Waals surface area contributed by atoms with Crippen LogP contribution in [0.1, 0.15) is 56.1 Å². The number of benzene rings is 2. The molecular weight excluding hydrogens is 572 g/mol. The molecule has 0 atom stereocenters. The predicted molar refractivity (Wildman–Crippen MR) is 173 cm³/mol. The molecule has 45 heavy (non-hydrogen) atoms. The molecule has 10 heteroatoms. The van der Waals surface area contributed by atoms with Gasteiger partial charge < -0.3 is 35.1 Å². The van der Waals surface area contributed by atoms with Crippen molar-refractivity contribution < 1.29 is 28.6 Å². The molecule has 0 aliphatic carbocycles. The summed E-state index contributed by atoms with van der Waals surface area (Å²) in [5, 5.41) is 8.90. The average molecular weight is 615 g/mol. The Morgan fingerprint density at radius 3 is 2.24 bits per heavy atom. The number of rotatable bonds is 11. The van der Waals surface area contributed by atoms with Crippen molar-refractivity contribution in [2.75, 3.05) is 52.3 Å². The Labute approximate surface area is 265 Å². The van der Waals surface area contributed by atoms with Crippen LogP contribution in [-0.4, -0.2) is 69.9 Å². The monoisotopic (exact) mass is 614 g/mol. The fourth-order valence-corrected chi connectivity index (χ4v) is 6.04. The maximum atomic E-state index is 12.8. The molecule has 0 saturated carbocycles. The van der Waals surface area contributed by atoms with E-state index in [2.05, 4.69) is 38.9 Å². The number of carbonyl (C=O) groups excluding carboxylic acids is 3. The van der Waals surface area contributed by atoms with Gasteiger partial charge in [-0.15, -0.1) is 6.42 Å². The fraction of sp³-hybridized carbons (Fsp3) is 0.400. The fourth-order valence-electron chi connectivity index (χ4n) is 6.04. The van der Waals surface area contributed by atoms with Crippen LogP contribution in [0.4, 0.5) is 10.5 Å². The minimum atomic E-state index is -0.731. The summed E-state index contributed by atoms with van der Waals surface area (Å²) in [4.78, 5) is 40.8. The number of likely N-dealkylation sites (tertiary alicyclic amines) is 1. The van der Waals surface area contributed by atoms with E-state index >= 15 is 0 Å². The van der Waals surface area contributed by atoms with Crippen molar-refractivity contribution in [1.82, 2.24) is 15.5 Å². The van der Waals surface area contributed by atoms with Gasteiger partial charge in [0.25, 0.3) is 0 Å². The van der Waals surface area contributed by atoms with E-state index in [1.54, 1.807) is 38.1 Å². The summed E-state index contributed by atoms with van der Waals surface area (Å²) in [5.74, 6) is 1.96. The van der Waals surface area contributed by atoms with E-state index < -0.39 is 17.9 Å². The van der Waals surface area contributed by atoms with Crippen LogP contribution in [0.5, 0.6) is 5.75 Å². The zero-order valence-electron chi connectivity index (χ0n) is 26.4. The van der Waals surface area contributed by atoms with Crippen LogP contribution < -0.4 is 20.7 Å². The van der Waals surface area contributed by atoms with Gasteiger partial charge in [-0.25, -0.2) is 14.4 Å². The van der Waals surface area contributed by atoms with Crippen molar-refractivity contribution in [3.63, 3.8) is 0 Å². The number of ether oxygens (including phenoxy) is 3.